The quantitative estimate of drug-likeness (QED) is 0.111. The third kappa shape index (κ3) is 8.58. The van der Waals surface area contributed by atoms with E-state index < -0.39 is 31.7 Å². The van der Waals surface area contributed by atoms with Crippen LogP contribution >= 0.6 is 24.2 Å². The molecule has 0 spiro atoms. The lowest BCUT2D eigenvalue weighted by atomic mass is 10.1. The van der Waals surface area contributed by atoms with Gasteiger partial charge < -0.3 is 21.1 Å². The number of alkyl halides is 3. The van der Waals surface area contributed by atoms with Crippen LogP contribution in [0.5, 0.6) is 0 Å². The maximum atomic E-state index is 14.4. The van der Waals surface area contributed by atoms with Crippen LogP contribution < -0.4 is 16.0 Å². The van der Waals surface area contributed by atoms with E-state index >= 15 is 0 Å². The maximum Gasteiger partial charge on any atom is 0.695 e. The number of carbonyl (C=O) groups is 1. The molecule has 0 bridgehead atoms. The topological polar surface area (TPSA) is 176 Å². The van der Waals surface area contributed by atoms with Gasteiger partial charge in [0.1, 0.15) is 18.0 Å². The summed E-state index contributed by atoms with van der Waals surface area (Å²) in [6, 6.07) is 7.73. The Kier molecular flexibility index (Phi) is 11.2. The molecular weight excluding hydrogens is 684 g/mol. The lowest BCUT2D eigenvalue weighted by Gasteiger charge is -2.19. The summed E-state index contributed by atoms with van der Waals surface area (Å²) in [5.41, 5.74) is 0.277. The van der Waals surface area contributed by atoms with Crippen LogP contribution in [0.3, 0.4) is 0 Å². The monoisotopic (exact) mass is 711 g/mol. The molecule has 4 rings (SSSR count). The molecule has 3 heterocycles. The molecule has 0 aliphatic rings. The molecule has 13 nitrogen and oxygen atoms in total. The van der Waals surface area contributed by atoms with Gasteiger partial charge in [-0.05, 0) is 58.6 Å². The molecule has 0 saturated carbocycles. The van der Waals surface area contributed by atoms with Gasteiger partial charge in [-0.3, -0.25) is 9.48 Å². The van der Waals surface area contributed by atoms with Crippen molar-refractivity contribution in [3.63, 3.8) is 0 Å². The average Bonchev–Trinajstić information content (AvgIpc) is 3.48. The van der Waals surface area contributed by atoms with Crippen LogP contribution in [-0.4, -0.2) is 54.3 Å². The van der Waals surface area contributed by atoms with Crippen LogP contribution in [0.2, 0.25) is 0 Å². The number of amides is 1. The number of anilines is 4. The van der Waals surface area contributed by atoms with E-state index in [0.29, 0.717) is 39.9 Å². The Morgan fingerprint density at radius 2 is 1.89 bits per heavy atom. The first-order valence-electron chi connectivity index (χ1n) is 13.4. The number of nitrogens with zero attached hydrogens (tertiary/aromatic N) is 5. The van der Waals surface area contributed by atoms with E-state index in [1.54, 1.807) is 29.1 Å². The Morgan fingerprint density at radius 3 is 2.53 bits per heavy atom. The normalized spacial score (nSPS) is 11.8. The number of benzene rings is 1. The summed E-state index contributed by atoms with van der Waals surface area (Å²) in [4.78, 5) is 34.4. The highest BCUT2D eigenvalue weighted by Gasteiger charge is 2.39. The van der Waals surface area contributed by atoms with Crippen molar-refractivity contribution in [2.75, 3.05) is 24.3 Å². The minimum Gasteiger partial charge on any atom is -0.396 e. The molecule has 0 radical (unpaired) electrons. The fraction of sp³-hybridized carbons (Fsp3) is 0.296. The molecule has 1 aromatic carbocycles. The van der Waals surface area contributed by atoms with Gasteiger partial charge in [-0.2, -0.15) is 23.3 Å². The number of carbonyl (C=O) groups excluding carboxylic acids is 1. The molecule has 0 fully saturated rings. The molecule has 4 aromatic rings. The second-order valence-electron chi connectivity index (χ2n) is 9.39. The second kappa shape index (κ2) is 14.8. The predicted molar refractivity (Wildman–Crippen MR) is 162 cm³/mol. The van der Waals surface area contributed by atoms with E-state index in [0.717, 1.165) is 0 Å². The van der Waals surface area contributed by atoms with E-state index in [9.17, 15) is 22.5 Å². The minimum absolute atomic E-state index is 0.0105. The van der Waals surface area contributed by atoms with Crippen molar-refractivity contribution in [2.45, 2.75) is 39.1 Å². The molecule has 1 unspecified atom stereocenters. The molecular formula is C27H28BrF3N8O5P+. The van der Waals surface area contributed by atoms with E-state index in [1.807, 2.05) is 0 Å². The van der Waals surface area contributed by atoms with Gasteiger partial charge in [-0.25, -0.2) is 9.97 Å². The Hall–Kier alpha value is -4.02. The van der Waals surface area contributed by atoms with Gasteiger partial charge in [-0.1, -0.05) is 13.0 Å². The van der Waals surface area contributed by atoms with Crippen molar-refractivity contribution in [2.24, 2.45) is 0 Å². The highest BCUT2D eigenvalue weighted by Crippen LogP contribution is 2.39. The fourth-order valence-corrected chi connectivity index (χ4v) is 4.98. The van der Waals surface area contributed by atoms with Crippen LogP contribution in [0.4, 0.5) is 36.3 Å². The Balaban J connectivity index is 1.73. The number of halogens is 4. The van der Waals surface area contributed by atoms with Crippen molar-refractivity contribution in [3.8, 4) is 11.3 Å². The van der Waals surface area contributed by atoms with Crippen LogP contribution in [-0.2, 0) is 34.8 Å². The number of aliphatic hydroxyl groups excluding tert-OH is 1. The van der Waals surface area contributed by atoms with Crippen molar-refractivity contribution in [1.82, 2.24) is 30.0 Å². The molecule has 18 heteroatoms. The van der Waals surface area contributed by atoms with Crippen molar-refractivity contribution < 1.29 is 37.1 Å². The van der Waals surface area contributed by atoms with Crippen LogP contribution in [0.15, 0.2) is 47.2 Å². The second-order valence-corrected chi connectivity index (χ2v) is 11.0. The van der Waals surface area contributed by atoms with Crippen molar-refractivity contribution in [3.05, 3.63) is 69.7 Å². The highest BCUT2D eigenvalue weighted by molar-refractivity contribution is 9.10. The number of rotatable bonds is 13. The highest BCUT2D eigenvalue weighted by atomic mass is 79.9. The fourth-order valence-electron chi connectivity index (χ4n) is 4.20. The largest absolute Gasteiger partial charge is 0.695 e. The van der Waals surface area contributed by atoms with Gasteiger partial charge in [0.05, 0.1) is 29.0 Å². The molecule has 0 aliphatic carbocycles. The molecule has 45 heavy (non-hydrogen) atoms. The van der Waals surface area contributed by atoms with E-state index in [2.05, 4.69) is 51.9 Å². The number of aryl methyl sites for hydroxylation is 2. The Morgan fingerprint density at radius 1 is 1.13 bits per heavy atom. The lowest BCUT2D eigenvalue weighted by molar-refractivity contribution is -0.138. The van der Waals surface area contributed by atoms with Crippen molar-refractivity contribution >= 4 is 53.2 Å². The Bertz CT molecular complexity index is 1710. The van der Waals surface area contributed by atoms with E-state index in [1.165, 1.54) is 32.3 Å². The van der Waals surface area contributed by atoms with Crippen LogP contribution in [0, 0.1) is 0 Å². The SMILES string of the molecule is CCc1nc(Nc2ccc(CO[P+](=O)O)cc2Br)nc(Nc2ccc(-c3cnn(CCCO)c3)nc2C(=O)NC)c1C(F)(F)F. The summed E-state index contributed by atoms with van der Waals surface area (Å²) in [6.45, 7) is 1.84. The maximum absolute atomic E-state index is 14.4. The van der Waals surface area contributed by atoms with Gasteiger partial charge in [0.25, 0.3) is 5.91 Å². The molecule has 238 valence electrons. The van der Waals surface area contributed by atoms with Crippen molar-refractivity contribution in [1.29, 1.82) is 0 Å². The Labute approximate surface area is 264 Å². The summed E-state index contributed by atoms with van der Waals surface area (Å²) in [5, 5.41) is 21.3. The standard InChI is InChI=1S/C27H27BrF3N8O5P/c1-3-18-22(27(29,30)31)24(38-26(36-18)37-20-6-5-15(11-17(20)28)14-44-45(42)43)35-21-8-7-19(34-23(21)25(41)32-2)16-12-33-39(13-16)9-4-10-40/h5-8,11-13,40H,3-4,9-10,14H2,1-2H3,(H3-,32,35,36,37,38,41,42,43)/p+1. The average molecular weight is 712 g/mol. The molecule has 0 saturated heterocycles. The van der Waals surface area contributed by atoms with Gasteiger partial charge >= 0.3 is 14.4 Å². The summed E-state index contributed by atoms with van der Waals surface area (Å²) < 4.78 is 60.8. The van der Waals surface area contributed by atoms with E-state index in [4.69, 9.17) is 14.5 Å². The molecule has 1 amide bonds. The summed E-state index contributed by atoms with van der Waals surface area (Å²) in [6.07, 6.45) is -1.22. The zero-order chi connectivity index (χ0) is 32.7. The number of aromatic nitrogens is 5. The first kappa shape index (κ1) is 33.9. The number of hydrogen-bond donors (Lipinski definition) is 5. The van der Waals surface area contributed by atoms with Gasteiger partial charge in [0.15, 0.2) is 5.69 Å². The molecule has 1 atom stereocenters. The summed E-state index contributed by atoms with van der Waals surface area (Å²) >= 11 is 3.36. The number of aliphatic hydroxyl groups is 1. The van der Waals surface area contributed by atoms with Crippen LogP contribution in [0.1, 0.15) is 40.7 Å². The molecule has 5 N–H and O–H groups in total. The zero-order valence-corrected chi connectivity index (χ0v) is 26.4. The zero-order valence-electron chi connectivity index (χ0n) is 23.9. The first-order chi connectivity index (χ1) is 21.4. The minimum atomic E-state index is -4.84. The summed E-state index contributed by atoms with van der Waals surface area (Å²) in [7, 11) is -1.42. The smallest absolute Gasteiger partial charge is 0.396 e. The van der Waals surface area contributed by atoms with Gasteiger partial charge in [-0.15, -0.1) is 9.42 Å². The van der Waals surface area contributed by atoms with E-state index in [-0.39, 0.29) is 42.7 Å². The number of nitrogens with one attached hydrogen (secondary N) is 3. The van der Waals surface area contributed by atoms with Gasteiger partial charge in [0.2, 0.25) is 5.95 Å². The molecule has 3 aromatic heterocycles. The van der Waals surface area contributed by atoms with Crippen LogP contribution in [0.25, 0.3) is 11.3 Å². The first-order valence-corrected chi connectivity index (χ1v) is 15.3. The number of hydrogen-bond acceptors (Lipinski definition) is 10. The third-order valence-electron chi connectivity index (χ3n) is 6.29. The van der Waals surface area contributed by atoms with Gasteiger partial charge in [0, 0.05) is 41.0 Å². The predicted octanol–water partition coefficient (Wildman–Crippen LogP) is 5.47. The number of pyridine rings is 1. The third-order valence-corrected chi connectivity index (χ3v) is 7.29. The summed E-state index contributed by atoms with van der Waals surface area (Å²) in [5.74, 6) is -1.41. The molecule has 0 aliphatic heterocycles. The lowest BCUT2D eigenvalue weighted by Crippen LogP contribution is -2.22.